The molecule has 200 valence electrons. The van der Waals surface area contributed by atoms with Crippen molar-refractivity contribution < 1.29 is 19.4 Å². The molecule has 11 atom stereocenters. The summed E-state index contributed by atoms with van der Waals surface area (Å²) in [5.74, 6) is 3.85. The van der Waals surface area contributed by atoms with Crippen LogP contribution in [0, 0.1) is 52.3 Å². The van der Waals surface area contributed by atoms with Crippen LogP contribution < -0.4 is 0 Å². The van der Waals surface area contributed by atoms with Gasteiger partial charge in [0, 0.05) is 19.3 Å². The first kappa shape index (κ1) is 27.1. The summed E-state index contributed by atoms with van der Waals surface area (Å²) in [6.45, 7) is 13.5. The van der Waals surface area contributed by atoms with Crippen molar-refractivity contribution in [3.63, 3.8) is 0 Å². The zero-order valence-electron chi connectivity index (χ0n) is 23.4. The quantitative estimate of drug-likeness (QED) is 0.375. The number of hydrogen-bond acceptors (Lipinski definition) is 4. The van der Waals surface area contributed by atoms with E-state index in [1.54, 1.807) is 0 Å². The lowest BCUT2D eigenvalue weighted by atomic mass is 9.41. The van der Waals surface area contributed by atoms with Crippen molar-refractivity contribution in [1.82, 2.24) is 0 Å². The highest BCUT2D eigenvalue weighted by Gasteiger charge is 2.65. The first-order valence-corrected chi connectivity index (χ1v) is 15.0. The number of esters is 1. The Labute approximate surface area is 214 Å². The molecule has 0 heterocycles. The average molecular weight is 489 g/mol. The number of Topliss-reactive ketones (excluding diaryl/α,β-unsaturated/α-hetero) is 1. The molecular weight excluding hydrogens is 436 g/mol. The monoisotopic (exact) mass is 488 g/mol. The lowest BCUT2D eigenvalue weighted by Crippen LogP contribution is -2.62. The second-order valence-electron chi connectivity index (χ2n) is 13.3. The van der Waals surface area contributed by atoms with Crippen molar-refractivity contribution in [1.29, 1.82) is 0 Å². The Morgan fingerprint density at radius 1 is 0.943 bits per heavy atom. The number of carbonyl (C=O) groups is 2. The molecular formula is C31H52O4. The van der Waals surface area contributed by atoms with Gasteiger partial charge >= 0.3 is 5.97 Å². The smallest absolute Gasteiger partial charge is 0.305 e. The topological polar surface area (TPSA) is 63.6 Å². The fraction of sp³-hybridized carbons (Fsp3) is 0.935. The molecule has 0 aliphatic heterocycles. The molecule has 0 radical (unpaired) electrons. The SMILES string of the molecule is CCC(=O)CC[C@@H](C)C1CCC2C3C(CCC21C)C1(C)CC[C@@H](OC(=O)CC)CC1[C@@H](CC)[C@H]3O. The first-order valence-electron chi connectivity index (χ1n) is 15.0. The Morgan fingerprint density at radius 2 is 1.63 bits per heavy atom. The summed E-state index contributed by atoms with van der Waals surface area (Å²) in [6, 6.07) is 0. The highest BCUT2D eigenvalue weighted by Crippen LogP contribution is 2.69. The van der Waals surface area contributed by atoms with Crippen LogP contribution in [-0.4, -0.2) is 29.1 Å². The zero-order valence-corrected chi connectivity index (χ0v) is 23.4. The van der Waals surface area contributed by atoms with Gasteiger partial charge in [0.05, 0.1) is 6.10 Å². The van der Waals surface area contributed by atoms with Crippen molar-refractivity contribution in [3.05, 3.63) is 0 Å². The number of fused-ring (bicyclic) bond motifs is 5. The molecule has 7 unspecified atom stereocenters. The summed E-state index contributed by atoms with van der Waals surface area (Å²) >= 11 is 0. The minimum Gasteiger partial charge on any atom is -0.462 e. The van der Waals surface area contributed by atoms with E-state index < -0.39 is 0 Å². The largest absolute Gasteiger partial charge is 0.462 e. The minimum absolute atomic E-state index is 0.0229. The molecule has 4 aliphatic rings. The summed E-state index contributed by atoms with van der Waals surface area (Å²) in [6.07, 6.45) is 11.6. The van der Waals surface area contributed by atoms with Gasteiger partial charge in [-0.25, -0.2) is 0 Å². The van der Waals surface area contributed by atoms with Gasteiger partial charge in [0.15, 0.2) is 0 Å². The predicted octanol–water partition coefficient (Wildman–Crippen LogP) is 6.97. The third kappa shape index (κ3) is 4.64. The lowest BCUT2D eigenvalue weighted by molar-refractivity contribution is -0.207. The van der Waals surface area contributed by atoms with Crippen molar-refractivity contribution in [2.24, 2.45) is 52.3 Å². The van der Waals surface area contributed by atoms with Crippen LogP contribution in [0.2, 0.25) is 0 Å². The predicted molar refractivity (Wildman–Crippen MR) is 140 cm³/mol. The molecule has 0 saturated heterocycles. The molecule has 0 aromatic rings. The second kappa shape index (κ2) is 10.5. The number of carbonyl (C=O) groups excluding carboxylic acids is 2. The fourth-order valence-corrected chi connectivity index (χ4v) is 10.1. The highest BCUT2D eigenvalue weighted by atomic mass is 16.5. The maximum atomic E-state index is 12.0. The normalized spacial score (nSPS) is 45.7. The van der Waals surface area contributed by atoms with Crippen LogP contribution in [0.1, 0.15) is 119 Å². The van der Waals surface area contributed by atoms with Crippen molar-refractivity contribution in [2.45, 2.75) is 131 Å². The molecule has 1 N–H and O–H groups in total. The Bertz CT molecular complexity index is 778. The molecule has 0 aromatic carbocycles. The zero-order chi connectivity index (χ0) is 25.5. The third-order valence-corrected chi connectivity index (χ3v) is 12.0. The van der Waals surface area contributed by atoms with Gasteiger partial charge < -0.3 is 9.84 Å². The molecule has 4 nitrogen and oxygen atoms in total. The van der Waals surface area contributed by atoms with E-state index in [-0.39, 0.29) is 29.0 Å². The van der Waals surface area contributed by atoms with Gasteiger partial charge in [-0.3, -0.25) is 9.59 Å². The van der Waals surface area contributed by atoms with E-state index in [9.17, 15) is 14.7 Å². The molecule has 35 heavy (non-hydrogen) atoms. The van der Waals surface area contributed by atoms with Crippen LogP contribution in [0.25, 0.3) is 0 Å². The molecule has 0 amide bonds. The molecule has 0 bridgehead atoms. The van der Waals surface area contributed by atoms with Gasteiger partial charge in [-0.1, -0.05) is 48.0 Å². The maximum Gasteiger partial charge on any atom is 0.305 e. The van der Waals surface area contributed by atoms with Gasteiger partial charge in [0.25, 0.3) is 0 Å². The van der Waals surface area contributed by atoms with Crippen LogP contribution in [0.5, 0.6) is 0 Å². The number of aliphatic hydroxyl groups is 1. The van der Waals surface area contributed by atoms with Crippen LogP contribution >= 0.6 is 0 Å². The van der Waals surface area contributed by atoms with E-state index >= 15 is 0 Å². The van der Waals surface area contributed by atoms with Crippen molar-refractivity contribution in [3.8, 4) is 0 Å². The van der Waals surface area contributed by atoms with E-state index in [2.05, 4.69) is 27.7 Å². The standard InChI is InChI=1S/C31H52O4/c1-7-20(32)11-10-19(4)23-12-13-24-28-25(15-17-30(23,24)5)31(6)16-14-21(35-27(33)9-3)18-26(31)22(8-2)29(28)34/h19,21-26,28-29,34H,7-18H2,1-6H3/t19-,21-,22-,23?,24?,25?,26?,28?,29-,30?,31?/m1/s1. The number of hydrogen-bond donors (Lipinski definition) is 1. The number of rotatable bonds is 8. The minimum atomic E-state index is -0.246. The summed E-state index contributed by atoms with van der Waals surface area (Å²) < 4.78 is 5.83. The van der Waals surface area contributed by atoms with Gasteiger partial charge in [-0.15, -0.1) is 0 Å². The van der Waals surface area contributed by atoms with Crippen LogP contribution in [0.3, 0.4) is 0 Å². The Hall–Kier alpha value is -0.900. The summed E-state index contributed by atoms with van der Waals surface area (Å²) in [7, 11) is 0. The second-order valence-corrected chi connectivity index (χ2v) is 13.3. The van der Waals surface area contributed by atoms with Crippen molar-refractivity contribution in [2.75, 3.05) is 0 Å². The third-order valence-electron chi connectivity index (χ3n) is 12.0. The maximum absolute atomic E-state index is 12.0. The lowest BCUT2D eigenvalue weighted by Gasteiger charge is -2.64. The van der Waals surface area contributed by atoms with E-state index in [1.165, 1.54) is 25.7 Å². The van der Waals surface area contributed by atoms with Crippen LogP contribution in [-0.2, 0) is 14.3 Å². The van der Waals surface area contributed by atoms with E-state index in [0.717, 1.165) is 38.5 Å². The van der Waals surface area contributed by atoms with E-state index in [4.69, 9.17) is 4.74 Å². The van der Waals surface area contributed by atoms with E-state index in [0.29, 0.717) is 60.1 Å². The molecule has 0 aromatic heterocycles. The Kier molecular flexibility index (Phi) is 8.11. The van der Waals surface area contributed by atoms with Gasteiger partial charge in [-0.2, -0.15) is 0 Å². The number of aliphatic hydroxyl groups excluding tert-OH is 1. The fourth-order valence-electron chi connectivity index (χ4n) is 10.1. The summed E-state index contributed by atoms with van der Waals surface area (Å²) in [5, 5.41) is 12.0. The summed E-state index contributed by atoms with van der Waals surface area (Å²) in [5.41, 5.74) is 0.518. The first-order chi connectivity index (χ1) is 16.6. The Balaban J connectivity index is 1.55. The average Bonchev–Trinajstić information content (AvgIpc) is 3.20. The van der Waals surface area contributed by atoms with Gasteiger partial charge in [0.1, 0.15) is 11.9 Å². The van der Waals surface area contributed by atoms with Crippen LogP contribution in [0.15, 0.2) is 0 Å². The Morgan fingerprint density at radius 3 is 2.29 bits per heavy atom. The highest BCUT2D eigenvalue weighted by molar-refractivity contribution is 5.77. The number of ether oxygens (including phenoxy) is 1. The van der Waals surface area contributed by atoms with E-state index in [1.807, 2.05) is 13.8 Å². The molecule has 4 heteroatoms. The van der Waals surface area contributed by atoms with Gasteiger partial charge in [-0.05, 0) is 104 Å². The molecule has 4 fully saturated rings. The van der Waals surface area contributed by atoms with Crippen LogP contribution in [0.4, 0.5) is 0 Å². The molecule has 4 saturated carbocycles. The number of ketones is 1. The van der Waals surface area contributed by atoms with Gasteiger partial charge in [0.2, 0.25) is 0 Å². The molecule has 4 rings (SSSR count). The molecule has 0 spiro atoms. The van der Waals surface area contributed by atoms with Crippen molar-refractivity contribution >= 4 is 11.8 Å². The molecule has 4 aliphatic carbocycles. The summed E-state index contributed by atoms with van der Waals surface area (Å²) in [4.78, 5) is 24.0.